The van der Waals surface area contributed by atoms with E-state index in [1.165, 1.54) is 4.31 Å². The molecule has 0 saturated heterocycles. The van der Waals surface area contributed by atoms with Crippen LogP contribution in [0.15, 0.2) is 24.3 Å². The Morgan fingerprint density at radius 2 is 2.00 bits per heavy atom. The number of benzene rings is 1. The highest BCUT2D eigenvalue weighted by Crippen LogP contribution is 2.15. The predicted molar refractivity (Wildman–Crippen MR) is 83.9 cm³/mol. The zero-order chi connectivity index (χ0) is 15.2. The van der Waals surface area contributed by atoms with Crippen molar-refractivity contribution in [2.45, 2.75) is 19.1 Å². The highest BCUT2D eigenvalue weighted by atomic mass is 32.2. The van der Waals surface area contributed by atoms with E-state index in [9.17, 15) is 8.42 Å². The molecule has 0 aromatic heterocycles. The standard InChI is InChI=1S/C13H20N2O3S2/c1-2-7-15(8-9-16)20(17,18)10-11-5-3-4-6-12(11)13(14)19/h3-6,16H,2,7-10H2,1H3,(H2,14,19). The second kappa shape index (κ2) is 7.68. The third-order valence-electron chi connectivity index (χ3n) is 2.84. The van der Waals surface area contributed by atoms with Gasteiger partial charge in [0.25, 0.3) is 0 Å². The van der Waals surface area contributed by atoms with Gasteiger partial charge in [-0.1, -0.05) is 43.4 Å². The quantitative estimate of drug-likeness (QED) is 0.695. The molecule has 7 heteroatoms. The Balaban J connectivity index is 3.03. The molecule has 0 radical (unpaired) electrons. The van der Waals surface area contributed by atoms with Crippen molar-refractivity contribution in [3.63, 3.8) is 0 Å². The van der Waals surface area contributed by atoms with Crippen molar-refractivity contribution >= 4 is 27.2 Å². The smallest absolute Gasteiger partial charge is 0.218 e. The molecule has 0 atom stereocenters. The summed E-state index contributed by atoms with van der Waals surface area (Å²) < 4.78 is 26.1. The highest BCUT2D eigenvalue weighted by molar-refractivity contribution is 7.88. The lowest BCUT2D eigenvalue weighted by atomic mass is 10.1. The van der Waals surface area contributed by atoms with Gasteiger partial charge in [-0.15, -0.1) is 0 Å². The molecule has 20 heavy (non-hydrogen) atoms. The average molecular weight is 316 g/mol. The zero-order valence-corrected chi connectivity index (χ0v) is 13.1. The van der Waals surface area contributed by atoms with Gasteiger partial charge in [0, 0.05) is 18.7 Å². The van der Waals surface area contributed by atoms with Crippen LogP contribution in [0.3, 0.4) is 0 Å². The summed E-state index contributed by atoms with van der Waals surface area (Å²) >= 11 is 4.94. The molecule has 0 spiro atoms. The van der Waals surface area contributed by atoms with Crippen molar-refractivity contribution in [3.05, 3.63) is 35.4 Å². The van der Waals surface area contributed by atoms with Crippen LogP contribution in [0, 0.1) is 0 Å². The molecule has 1 aromatic carbocycles. The number of nitrogens with zero attached hydrogens (tertiary/aromatic N) is 1. The van der Waals surface area contributed by atoms with Crippen molar-refractivity contribution in [1.29, 1.82) is 0 Å². The number of sulfonamides is 1. The van der Waals surface area contributed by atoms with Crippen molar-refractivity contribution in [3.8, 4) is 0 Å². The molecule has 0 bridgehead atoms. The van der Waals surface area contributed by atoms with Crippen LogP contribution in [0.5, 0.6) is 0 Å². The van der Waals surface area contributed by atoms with Crippen molar-refractivity contribution in [2.75, 3.05) is 19.7 Å². The Labute approximate surface area is 125 Å². The van der Waals surface area contributed by atoms with Gasteiger partial charge < -0.3 is 10.8 Å². The van der Waals surface area contributed by atoms with Gasteiger partial charge in [0.2, 0.25) is 10.0 Å². The van der Waals surface area contributed by atoms with E-state index in [0.29, 0.717) is 24.1 Å². The summed E-state index contributed by atoms with van der Waals surface area (Å²) in [6.07, 6.45) is 0.691. The molecule has 3 N–H and O–H groups in total. The normalized spacial score (nSPS) is 11.8. The lowest BCUT2D eigenvalue weighted by Crippen LogP contribution is -2.35. The van der Waals surface area contributed by atoms with Gasteiger partial charge in [-0.05, 0) is 12.0 Å². The van der Waals surface area contributed by atoms with E-state index in [2.05, 4.69) is 0 Å². The molecule has 0 heterocycles. The zero-order valence-electron chi connectivity index (χ0n) is 11.4. The third kappa shape index (κ3) is 4.52. The average Bonchev–Trinajstić information content (AvgIpc) is 2.38. The molecule has 1 aromatic rings. The van der Waals surface area contributed by atoms with Gasteiger partial charge in [0.15, 0.2) is 0 Å². The fourth-order valence-electron chi connectivity index (χ4n) is 1.93. The van der Waals surface area contributed by atoms with E-state index < -0.39 is 10.0 Å². The summed E-state index contributed by atoms with van der Waals surface area (Å²) in [5.74, 6) is -0.166. The molecule has 0 unspecified atom stereocenters. The minimum absolute atomic E-state index is 0.103. The van der Waals surface area contributed by atoms with Crippen LogP contribution in [-0.4, -0.2) is 42.5 Å². The fourth-order valence-corrected chi connectivity index (χ4v) is 3.77. The summed E-state index contributed by atoms with van der Waals surface area (Å²) in [7, 11) is -3.50. The van der Waals surface area contributed by atoms with Crippen LogP contribution in [0.4, 0.5) is 0 Å². The number of aliphatic hydroxyl groups excluding tert-OH is 1. The van der Waals surface area contributed by atoms with Gasteiger partial charge >= 0.3 is 0 Å². The molecule has 0 amide bonds. The Hall–Kier alpha value is -1.02. The first-order chi connectivity index (χ1) is 9.42. The monoisotopic (exact) mass is 316 g/mol. The second-order valence-corrected chi connectivity index (χ2v) is 6.81. The molecule has 0 fully saturated rings. The minimum Gasteiger partial charge on any atom is -0.395 e. The van der Waals surface area contributed by atoms with Crippen LogP contribution in [0.25, 0.3) is 0 Å². The summed E-state index contributed by atoms with van der Waals surface area (Å²) in [6.45, 7) is 2.18. The van der Waals surface area contributed by atoms with Crippen LogP contribution in [-0.2, 0) is 15.8 Å². The number of aliphatic hydroxyl groups is 1. The van der Waals surface area contributed by atoms with E-state index in [1.54, 1.807) is 24.3 Å². The topological polar surface area (TPSA) is 83.6 Å². The van der Waals surface area contributed by atoms with Crippen molar-refractivity contribution < 1.29 is 13.5 Å². The lowest BCUT2D eigenvalue weighted by Gasteiger charge is -2.21. The van der Waals surface area contributed by atoms with E-state index in [1.807, 2.05) is 6.92 Å². The van der Waals surface area contributed by atoms with E-state index in [0.717, 1.165) is 0 Å². The van der Waals surface area contributed by atoms with Crippen LogP contribution in [0.2, 0.25) is 0 Å². The number of hydrogen-bond acceptors (Lipinski definition) is 4. The molecule has 0 aliphatic carbocycles. The SMILES string of the molecule is CCCN(CCO)S(=O)(=O)Cc1ccccc1C(N)=S. The van der Waals surface area contributed by atoms with Crippen molar-refractivity contribution in [1.82, 2.24) is 4.31 Å². The first kappa shape index (κ1) is 17.0. The fraction of sp³-hybridized carbons (Fsp3) is 0.462. The molecule has 0 aliphatic heterocycles. The lowest BCUT2D eigenvalue weighted by molar-refractivity contribution is 0.253. The second-order valence-electron chi connectivity index (χ2n) is 4.40. The van der Waals surface area contributed by atoms with Crippen LogP contribution < -0.4 is 5.73 Å². The number of rotatable bonds is 8. The van der Waals surface area contributed by atoms with Crippen LogP contribution >= 0.6 is 12.2 Å². The molecule has 112 valence electrons. The van der Waals surface area contributed by atoms with E-state index in [-0.39, 0.29) is 23.9 Å². The maximum atomic E-state index is 12.4. The van der Waals surface area contributed by atoms with Gasteiger partial charge in [-0.25, -0.2) is 8.42 Å². The van der Waals surface area contributed by atoms with Crippen molar-refractivity contribution in [2.24, 2.45) is 5.73 Å². The molecule has 1 rings (SSSR count). The first-order valence-corrected chi connectivity index (χ1v) is 8.40. The Morgan fingerprint density at radius 3 is 2.55 bits per heavy atom. The van der Waals surface area contributed by atoms with Crippen LogP contribution in [0.1, 0.15) is 24.5 Å². The summed E-state index contributed by atoms with van der Waals surface area (Å²) in [6, 6.07) is 6.93. The number of nitrogens with two attached hydrogens (primary N) is 1. The first-order valence-electron chi connectivity index (χ1n) is 6.38. The molecule has 0 aliphatic rings. The van der Waals surface area contributed by atoms with E-state index in [4.69, 9.17) is 23.1 Å². The van der Waals surface area contributed by atoms with E-state index >= 15 is 0 Å². The Bertz CT molecular complexity index is 552. The molecular weight excluding hydrogens is 296 g/mol. The predicted octanol–water partition coefficient (Wildman–Crippen LogP) is 0.855. The van der Waals surface area contributed by atoms with Gasteiger partial charge in [-0.2, -0.15) is 4.31 Å². The molecular formula is C13H20N2O3S2. The summed E-state index contributed by atoms with van der Waals surface area (Å²) in [5, 5.41) is 8.99. The maximum Gasteiger partial charge on any atom is 0.218 e. The largest absolute Gasteiger partial charge is 0.395 e. The summed E-state index contributed by atoms with van der Waals surface area (Å²) in [5.41, 5.74) is 6.77. The van der Waals surface area contributed by atoms with Gasteiger partial charge in [-0.3, -0.25) is 0 Å². The number of hydrogen-bond donors (Lipinski definition) is 2. The molecule has 0 saturated carbocycles. The van der Waals surface area contributed by atoms with Gasteiger partial charge in [0.1, 0.15) is 4.99 Å². The third-order valence-corrected chi connectivity index (χ3v) is 4.88. The number of thiocarbonyl (C=S) groups is 1. The Kier molecular flexibility index (Phi) is 6.54. The van der Waals surface area contributed by atoms with Gasteiger partial charge in [0.05, 0.1) is 12.4 Å². The highest BCUT2D eigenvalue weighted by Gasteiger charge is 2.22. The Morgan fingerprint density at radius 1 is 1.35 bits per heavy atom. The minimum atomic E-state index is -3.50. The molecule has 5 nitrogen and oxygen atoms in total. The summed E-state index contributed by atoms with van der Waals surface area (Å²) in [4.78, 5) is 0.181. The maximum absolute atomic E-state index is 12.4.